The minimum Gasteiger partial charge on any atom is -0.377 e. The van der Waals surface area contributed by atoms with Crippen molar-refractivity contribution in [3.63, 3.8) is 0 Å². The van der Waals surface area contributed by atoms with Crippen molar-refractivity contribution < 1.29 is 9.53 Å². The van der Waals surface area contributed by atoms with Crippen LogP contribution in [0.15, 0.2) is 0 Å². The van der Waals surface area contributed by atoms with Gasteiger partial charge in [-0.25, -0.2) is 0 Å². The van der Waals surface area contributed by atoms with Gasteiger partial charge in [-0.15, -0.1) is 0 Å². The summed E-state index contributed by atoms with van der Waals surface area (Å²) in [6.07, 6.45) is 0. The molecule has 4 nitrogen and oxygen atoms in total. The van der Waals surface area contributed by atoms with Crippen molar-refractivity contribution in [2.75, 3.05) is 53.0 Å². The largest absolute Gasteiger partial charge is 0.377 e. The number of piperazine rings is 1. The van der Waals surface area contributed by atoms with Gasteiger partial charge >= 0.3 is 0 Å². The van der Waals surface area contributed by atoms with Gasteiger partial charge < -0.3 is 9.64 Å². The Bertz CT molecular complexity index is 211. The maximum absolute atomic E-state index is 11.4. The molecule has 16 heavy (non-hydrogen) atoms. The van der Waals surface area contributed by atoms with E-state index in [1.807, 2.05) is 0 Å². The predicted octanol–water partition coefficient (Wildman–Crippen LogP) is 0.476. The molecule has 0 aromatic carbocycles. The van der Waals surface area contributed by atoms with E-state index in [0.717, 1.165) is 32.1 Å². The second-order valence-corrected chi connectivity index (χ2v) is 4.94. The summed E-state index contributed by atoms with van der Waals surface area (Å²) in [5.74, 6) is 0.904. The third kappa shape index (κ3) is 5.05. The van der Waals surface area contributed by atoms with Gasteiger partial charge in [0.15, 0.2) is 5.78 Å². The zero-order valence-electron chi connectivity index (χ0n) is 10.7. The van der Waals surface area contributed by atoms with Gasteiger partial charge in [0, 0.05) is 39.8 Å². The lowest BCUT2D eigenvalue weighted by Gasteiger charge is -2.35. The van der Waals surface area contributed by atoms with Crippen molar-refractivity contribution in [2.45, 2.75) is 13.8 Å². The molecule has 0 radical (unpaired) electrons. The molecule has 0 N–H and O–H groups in total. The highest BCUT2D eigenvalue weighted by Gasteiger charge is 2.18. The fraction of sp³-hybridized carbons (Fsp3) is 0.917. The van der Waals surface area contributed by atoms with Crippen LogP contribution in [0.1, 0.15) is 13.8 Å². The molecule has 0 bridgehead atoms. The Morgan fingerprint density at radius 2 is 1.75 bits per heavy atom. The Hall–Kier alpha value is -0.450. The Labute approximate surface area is 98.5 Å². The van der Waals surface area contributed by atoms with Gasteiger partial charge in [0.25, 0.3) is 0 Å². The van der Waals surface area contributed by atoms with Crippen LogP contribution in [0, 0.1) is 5.92 Å². The van der Waals surface area contributed by atoms with E-state index in [-0.39, 0.29) is 12.4 Å². The molecule has 4 heteroatoms. The van der Waals surface area contributed by atoms with Crippen LogP contribution in [0.25, 0.3) is 0 Å². The molecule has 1 saturated heterocycles. The number of methoxy groups -OCH3 is 1. The average molecular weight is 228 g/mol. The van der Waals surface area contributed by atoms with Crippen LogP contribution >= 0.6 is 0 Å². The van der Waals surface area contributed by atoms with Gasteiger partial charge in [-0.1, -0.05) is 13.8 Å². The molecule has 1 heterocycles. The van der Waals surface area contributed by atoms with Gasteiger partial charge in [-0.2, -0.15) is 0 Å². The molecule has 0 aromatic rings. The van der Waals surface area contributed by atoms with Gasteiger partial charge in [-0.3, -0.25) is 9.69 Å². The first-order valence-corrected chi connectivity index (χ1v) is 6.07. The number of carbonyl (C=O) groups excluding carboxylic acids is 1. The summed E-state index contributed by atoms with van der Waals surface area (Å²) in [6.45, 7) is 10.6. The highest BCUT2D eigenvalue weighted by atomic mass is 16.5. The van der Waals surface area contributed by atoms with Crippen LogP contribution < -0.4 is 0 Å². The van der Waals surface area contributed by atoms with Gasteiger partial charge in [0.1, 0.15) is 6.61 Å². The minimum absolute atomic E-state index is 0.180. The summed E-state index contributed by atoms with van der Waals surface area (Å²) in [4.78, 5) is 16.1. The van der Waals surface area contributed by atoms with E-state index in [4.69, 9.17) is 4.74 Å². The topological polar surface area (TPSA) is 32.8 Å². The van der Waals surface area contributed by atoms with E-state index in [0.29, 0.717) is 6.54 Å². The maximum Gasteiger partial charge on any atom is 0.172 e. The van der Waals surface area contributed by atoms with Crippen LogP contribution in [-0.4, -0.2) is 68.6 Å². The molecule has 0 aliphatic carbocycles. The third-order valence-electron chi connectivity index (χ3n) is 2.79. The lowest BCUT2D eigenvalue weighted by molar-refractivity contribution is -0.124. The third-order valence-corrected chi connectivity index (χ3v) is 2.79. The number of hydrogen-bond donors (Lipinski definition) is 0. The van der Waals surface area contributed by atoms with Gasteiger partial charge in [0.2, 0.25) is 0 Å². The minimum atomic E-state index is 0.180. The molecule has 0 atom stereocenters. The smallest absolute Gasteiger partial charge is 0.172 e. The zero-order valence-corrected chi connectivity index (χ0v) is 10.7. The Morgan fingerprint density at radius 1 is 1.19 bits per heavy atom. The Balaban J connectivity index is 2.19. The standard InChI is InChI=1S/C12H24N2O2/c1-11(2)8-13-4-6-14(7-5-13)9-12(15)10-16-3/h11H,4-10H2,1-3H3. The van der Waals surface area contributed by atoms with E-state index in [9.17, 15) is 4.79 Å². The SMILES string of the molecule is COCC(=O)CN1CCN(CC(C)C)CC1. The molecule has 0 unspecified atom stereocenters. The van der Waals surface area contributed by atoms with E-state index < -0.39 is 0 Å². The highest BCUT2D eigenvalue weighted by Crippen LogP contribution is 2.04. The molecule has 1 aliphatic heterocycles. The van der Waals surface area contributed by atoms with E-state index in [1.165, 1.54) is 6.54 Å². The molecule has 0 saturated carbocycles. The van der Waals surface area contributed by atoms with Gasteiger partial charge in [0.05, 0.1) is 6.54 Å². The normalized spacial score (nSPS) is 19.2. The Kier molecular flexibility index (Phi) is 5.95. The average Bonchev–Trinajstić information content (AvgIpc) is 2.20. The molecule has 1 rings (SSSR count). The molecule has 94 valence electrons. The fourth-order valence-corrected chi connectivity index (χ4v) is 2.10. The van der Waals surface area contributed by atoms with Crippen LogP contribution in [0.4, 0.5) is 0 Å². The predicted molar refractivity (Wildman–Crippen MR) is 64.6 cm³/mol. The lowest BCUT2D eigenvalue weighted by atomic mass is 10.2. The fourth-order valence-electron chi connectivity index (χ4n) is 2.10. The first kappa shape index (κ1) is 13.6. The van der Waals surface area contributed by atoms with Crippen LogP contribution in [0.5, 0.6) is 0 Å². The van der Waals surface area contributed by atoms with Crippen molar-refractivity contribution >= 4 is 5.78 Å². The first-order chi connectivity index (χ1) is 7.61. The molecule has 1 aliphatic rings. The van der Waals surface area contributed by atoms with Crippen molar-refractivity contribution in [3.8, 4) is 0 Å². The molecule has 0 amide bonds. The quantitative estimate of drug-likeness (QED) is 0.662. The van der Waals surface area contributed by atoms with Crippen molar-refractivity contribution in [1.82, 2.24) is 9.80 Å². The van der Waals surface area contributed by atoms with Crippen molar-refractivity contribution in [2.24, 2.45) is 5.92 Å². The number of ether oxygens (including phenoxy) is 1. The number of hydrogen-bond acceptors (Lipinski definition) is 4. The monoisotopic (exact) mass is 228 g/mol. The summed E-state index contributed by atoms with van der Waals surface area (Å²) in [6, 6.07) is 0. The summed E-state index contributed by atoms with van der Waals surface area (Å²) >= 11 is 0. The second kappa shape index (κ2) is 6.99. The number of Topliss-reactive ketones (excluding diaryl/α,β-unsaturated/α-hetero) is 1. The molecule has 1 fully saturated rings. The van der Waals surface area contributed by atoms with Crippen LogP contribution in [-0.2, 0) is 9.53 Å². The first-order valence-electron chi connectivity index (χ1n) is 6.07. The molecule has 0 aromatic heterocycles. The number of ketones is 1. The summed E-state index contributed by atoms with van der Waals surface area (Å²) in [7, 11) is 1.57. The van der Waals surface area contributed by atoms with E-state index in [1.54, 1.807) is 7.11 Å². The van der Waals surface area contributed by atoms with Crippen LogP contribution in [0.3, 0.4) is 0 Å². The highest BCUT2D eigenvalue weighted by molar-refractivity contribution is 5.81. The summed E-state index contributed by atoms with van der Waals surface area (Å²) in [5, 5.41) is 0. The molecule has 0 spiro atoms. The number of carbonyl (C=O) groups is 1. The van der Waals surface area contributed by atoms with Crippen molar-refractivity contribution in [3.05, 3.63) is 0 Å². The summed E-state index contributed by atoms with van der Waals surface area (Å²) in [5.41, 5.74) is 0. The zero-order chi connectivity index (χ0) is 12.0. The van der Waals surface area contributed by atoms with E-state index in [2.05, 4.69) is 23.6 Å². The molecular formula is C12H24N2O2. The number of rotatable bonds is 6. The molecular weight excluding hydrogens is 204 g/mol. The van der Waals surface area contributed by atoms with Crippen molar-refractivity contribution in [1.29, 1.82) is 0 Å². The second-order valence-electron chi connectivity index (χ2n) is 4.94. The number of nitrogens with zero attached hydrogens (tertiary/aromatic N) is 2. The van der Waals surface area contributed by atoms with Gasteiger partial charge in [-0.05, 0) is 5.92 Å². The Morgan fingerprint density at radius 3 is 2.25 bits per heavy atom. The van der Waals surface area contributed by atoms with E-state index >= 15 is 0 Å². The summed E-state index contributed by atoms with van der Waals surface area (Å²) < 4.78 is 4.83. The maximum atomic E-state index is 11.4. The lowest BCUT2D eigenvalue weighted by Crippen LogP contribution is -2.49. The van der Waals surface area contributed by atoms with Crippen LogP contribution in [0.2, 0.25) is 0 Å².